The molecule has 1 heterocycles. The van der Waals surface area contributed by atoms with Crippen LogP contribution in [0.15, 0.2) is 35.3 Å². The molecule has 0 radical (unpaired) electrons. The van der Waals surface area contributed by atoms with Crippen LogP contribution in [0.1, 0.15) is 36.3 Å². The summed E-state index contributed by atoms with van der Waals surface area (Å²) in [5.41, 5.74) is -0.656. The Balaban J connectivity index is 2.18. The summed E-state index contributed by atoms with van der Waals surface area (Å²) in [6.45, 7) is 0. The summed E-state index contributed by atoms with van der Waals surface area (Å²) in [4.78, 5) is 12.5. The topological polar surface area (TPSA) is 26.9 Å². The average Bonchev–Trinajstić information content (AvgIpc) is 2.62. The van der Waals surface area contributed by atoms with Gasteiger partial charge in [0.25, 0.3) is 5.56 Å². The summed E-state index contributed by atoms with van der Waals surface area (Å²) in [5.74, 6) is 0.183. The molecule has 1 aromatic heterocycles. The monoisotopic (exact) mass is 296 g/mol. The second-order valence-corrected chi connectivity index (χ2v) is 5.42. The first-order chi connectivity index (χ1) is 9.89. The zero-order valence-electron chi connectivity index (χ0n) is 11.5. The molecule has 0 aliphatic heterocycles. The smallest absolute Gasteiger partial charge is 0.288 e. The molecular weight excluding hydrogens is 281 g/mol. The first kappa shape index (κ1) is 14.0. The molecular formula is C15H15F3N2O. The standard InChI is InChI=1S/C15H15F3N2O/c1-19-9-11(10-5-4-6-10)14(21)20(19)13-8-3-2-7-12(13)15(16,17)18/h2-3,7-10H,4-6H2,1H3. The Hall–Kier alpha value is -1.98. The third-order valence-electron chi connectivity index (χ3n) is 4.06. The van der Waals surface area contributed by atoms with Crippen molar-refractivity contribution in [2.45, 2.75) is 31.4 Å². The highest BCUT2D eigenvalue weighted by atomic mass is 19.4. The minimum atomic E-state index is -4.49. The normalized spacial score (nSPS) is 16.0. The Kier molecular flexibility index (Phi) is 3.19. The second-order valence-electron chi connectivity index (χ2n) is 5.42. The maximum atomic E-state index is 13.1. The van der Waals surface area contributed by atoms with Gasteiger partial charge in [0.15, 0.2) is 0 Å². The zero-order chi connectivity index (χ0) is 15.2. The first-order valence-electron chi connectivity index (χ1n) is 6.84. The molecule has 0 N–H and O–H groups in total. The lowest BCUT2D eigenvalue weighted by Crippen LogP contribution is -2.26. The van der Waals surface area contributed by atoms with E-state index in [1.807, 2.05) is 0 Å². The molecule has 2 aromatic rings. The van der Waals surface area contributed by atoms with Crippen LogP contribution in [0.2, 0.25) is 0 Å². The average molecular weight is 296 g/mol. The van der Waals surface area contributed by atoms with E-state index in [1.165, 1.54) is 22.9 Å². The van der Waals surface area contributed by atoms with E-state index in [9.17, 15) is 18.0 Å². The Morgan fingerprint density at radius 1 is 1.19 bits per heavy atom. The third kappa shape index (κ3) is 2.28. The summed E-state index contributed by atoms with van der Waals surface area (Å²) < 4.78 is 41.9. The van der Waals surface area contributed by atoms with E-state index in [0.29, 0.717) is 5.56 Å². The van der Waals surface area contributed by atoms with Crippen molar-refractivity contribution in [3.8, 4) is 5.69 Å². The lowest BCUT2D eigenvalue weighted by atomic mass is 9.81. The van der Waals surface area contributed by atoms with Gasteiger partial charge >= 0.3 is 6.18 Å². The maximum absolute atomic E-state index is 13.1. The van der Waals surface area contributed by atoms with Gasteiger partial charge in [-0.25, -0.2) is 4.68 Å². The molecule has 21 heavy (non-hydrogen) atoms. The van der Waals surface area contributed by atoms with Crippen LogP contribution in [0.25, 0.3) is 5.69 Å². The van der Waals surface area contributed by atoms with Gasteiger partial charge in [-0.3, -0.25) is 9.48 Å². The van der Waals surface area contributed by atoms with Crippen molar-refractivity contribution in [3.63, 3.8) is 0 Å². The third-order valence-corrected chi connectivity index (χ3v) is 4.06. The van der Waals surface area contributed by atoms with Crippen molar-refractivity contribution >= 4 is 0 Å². The lowest BCUT2D eigenvalue weighted by molar-refractivity contribution is -0.137. The van der Waals surface area contributed by atoms with Crippen molar-refractivity contribution in [2.24, 2.45) is 7.05 Å². The van der Waals surface area contributed by atoms with Crippen molar-refractivity contribution in [2.75, 3.05) is 0 Å². The van der Waals surface area contributed by atoms with Crippen LogP contribution in [0.3, 0.4) is 0 Å². The predicted octanol–water partition coefficient (Wildman–Crippen LogP) is 3.46. The minimum absolute atomic E-state index is 0.122. The van der Waals surface area contributed by atoms with Crippen LogP contribution < -0.4 is 5.56 Å². The van der Waals surface area contributed by atoms with Crippen LogP contribution >= 0.6 is 0 Å². The Labute approximate surface area is 119 Å². The van der Waals surface area contributed by atoms with Crippen LogP contribution in [-0.2, 0) is 13.2 Å². The number of nitrogens with zero attached hydrogens (tertiary/aromatic N) is 2. The number of halogens is 3. The molecule has 0 unspecified atom stereocenters. The molecule has 1 aliphatic rings. The molecule has 0 saturated heterocycles. The molecule has 112 valence electrons. The van der Waals surface area contributed by atoms with E-state index in [1.54, 1.807) is 13.2 Å². The number of hydrogen-bond donors (Lipinski definition) is 0. The Morgan fingerprint density at radius 3 is 2.43 bits per heavy atom. The highest BCUT2D eigenvalue weighted by Gasteiger charge is 2.35. The molecule has 1 aliphatic carbocycles. The Bertz CT molecular complexity index is 723. The van der Waals surface area contributed by atoms with Gasteiger partial charge in [0, 0.05) is 18.8 Å². The molecule has 6 heteroatoms. The molecule has 3 rings (SSSR count). The number of rotatable bonds is 2. The fourth-order valence-corrected chi connectivity index (χ4v) is 2.76. The highest BCUT2D eigenvalue weighted by Crippen LogP contribution is 2.36. The molecule has 1 fully saturated rings. The molecule has 1 aromatic carbocycles. The van der Waals surface area contributed by atoms with Crippen molar-refractivity contribution in [1.82, 2.24) is 9.36 Å². The zero-order valence-corrected chi connectivity index (χ0v) is 11.5. The summed E-state index contributed by atoms with van der Waals surface area (Å²) >= 11 is 0. The number of aryl methyl sites for hydroxylation is 1. The summed E-state index contributed by atoms with van der Waals surface area (Å²) in [5, 5.41) is 0. The van der Waals surface area contributed by atoms with Crippen molar-refractivity contribution in [3.05, 3.63) is 51.9 Å². The lowest BCUT2D eigenvalue weighted by Gasteiger charge is -2.23. The van der Waals surface area contributed by atoms with E-state index in [2.05, 4.69) is 0 Å². The number of aromatic nitrogens is 2. The van der Waals surface area contributed by atoms with Gasteiger partial charge in [0.2, 0.25) is 0 Å². The van der Waals surface area contributed by atoms with Gasteiger partial charge in [0.05, 0.1) is 11.3 Å². The van der Waals surface area contributed by atoms with E-state index in [-0.39, 0.29) is 17.2 Å². The van der Waals surface area contributed by atoms with Gasteiger partial charge in [-0.1, -0.05) is 18.6 Å². The fraction of sp³-hybridized carbons (Fsp3) is 0.400. The predicted molar refractivity (Wildman–Crippen MR) is 72.6 cm³/mol. The number of benzene rings is 1. The fourth-order valence-electron chi connectivity index (χ4n) is 2.76. The molecule has 1 saturated carbocycles. The minimum Gasteiger partial charge on any atom is -0.288 e. The highest BCUT2D eigenvalue weighted by molar-refractivity contribution is 5.43. The second kappa shape index (κ2) is 4.79. The van der Waals surface area contributed by atoms with E-state index < -0.39 is 11.7 Å². The van der Waals surface area contributed by atoms with Gasteiger partial charge in [0.1, 0.15) is 0 Å². The number of hydrogen-bond acceptors (Lipinski definition) is 1. The molecule has 0 amide bonds. The SMILES string of the molecule is Cn1cc(C2CCC2)c(=O)n1-c1ccccc1C(F)(F)F. The number of para-hydroxylation sites is 1. The Morgan fingerprint density at radius 2 is 1.86 bits per heavy atom. The van der Waals surface area contributed by atoms with E-state index in [4.69, 9.17) is 0 Å². The van der Waals surface area contributed by atoms with E-state index in [0.717, 1.165) is 30.0 Å². The molecule has 3 nitrogen and oxygen atoms in total. The molecule has 0 spiro atoms. The largest absolute Gasteiger partial charge is 0.418 e. The van der Waals surface area contributed by atoms with Crippen molar-refractivity contribution < 1.29 is 13.2 Å². The number of alkyl halides is 3. The van der Waals surface area contributed by atoms with E-state index >= 15 is 0 Å². The van der Waals surface area contributed by atoms with Gasteiger partial charge < -0.3 is 0 Å². The van der Waals surface area contributed by atoms with Crippen LogP contribution in [-0.4, -0.2) is 9.36 Å². The van der Waals surface area contributed by atoms with Gasteiger partial charge in [-0.2, -0.15) is 13.2 Å². The quantitative estimate of drug-likeness (QED) is 0.833. The van der Waals surface area contributed by atoms with Gasteiger partial charge in [-0.05, 0) is 30.9 Å². The van der Waals surface area contributed by atoms with Crippen LogP contribution in [0.4, 0.5) is 13.2 Å². The summed E-state index contributed by atoms with van der Waals surface area (Å²) in [7, 11) is 1.59. The maximum Gasteiger partial charge on any atom is 0.418 e. The van der Waals surface area contributed by atoms with Gasteiger partial charge in [-0.15, -0.1) is 0 Å². The molecule has 0 atom stereocenters. The molecule has 0 bridgehead atoms. The summed E-state index contributed by atoms with van der Waals surface area (Å²) in [6.07, 6.45) is 0.0920. The van der Waals surface area contributed by atoms with Crippen LogP contribution in [0.5, 0.6) is 0 Å². The van der Waals surface area contributed by atoms with Crippen LogP contribution in [0, 0.1) is 0 Å². The van der Waals surface area contributed by atoms with Crippen molar-refractivity contribution in [1.29, 1.82) is 0 Å². The first-order valence-corrected chi connectivity index (χ1v) is 6.84. The summed E-state index contributed by atoms with van der Waals surface area (Å²) in [6, 6.07) is 5.16.